The van der Waals surface area contributed by atoms with Gasteiger partial charge in [0.2, 0.25) is 0 Å². The van der Waals surface area contributed by atoms with Gasteiger partial charge in [0.15, 0.2) is 11.5 Å². The lowest BCUT2D eigenvalue weighted by atomic mass is 10.1. The van der Waals surface area contributed by atoms with Gasteiger partial charge in [0.25, 0.3) is 0 Å². The summed E-state index contributed by atoms with van der Waals surface area (Å²) in [6.45, 7) is 4.37. The Balaban J connectivity index is 2.08. The summed E-state index contributed by atoms with van der Waals surface area (Å²) >= 11 is 0. The number of pyridine rings is 2. The molecule has 0 unspecified atom stereocenters. The Bertz CT molecular complexity index is 878. The molecule has 3 aromatic rings. The molecule has 0 bridgehead atoms. The van der Waals surface area contributed by atoms with E-state index in [9.17, 15) is 0 Å². The number of rotatable bonds is 6. The summed E-state index contributed by atoms with van der Waals surface area (Å²) in [6, 6.07) is 9.78. The Labute approximate surface area is 141 Å². The summed E-state index contributed by atoms with van der Waals surface area (Å²) in [6.07, 6.45) is 5.39. The van der Waals surface area contributed by atoms with Crippen LogP contribution in [0.1, 0.15) is 0 Å². The fourth-order valence-corrected chi connectivity index (χ4v) is 2.53. The van der Waals surface area contributed by atoms with Gasteiger partial charge in [-0.3, -0.25) is 4.98 Å². The number of ether oxygens (including phenoxy) is 2. The monoisotopic (exact) mass is 321 g/mol. The van der Waals surface area contributed by atoms with E-state index in [1.807, 2.05) is 30.5 Å². The van der Waals surface area contributed by atoms with E-state index in [4.69, 9.17) is 9.47 Å². The third-order valence-corrected chi connectivity index (χ3v) is 3.74. The minimum absolute atomic E-state index is 0.646. The van der Waals surface area contributed by atoms with Gasteiger partial charge < -0.3 is 14.8 Å². The van der Waals surface area contributed by atoms with Crippen LogP contribution in [0.2, 0.25) is 0 Å². The van der Waals surface area contributed by atoms with Gasteiger partial charge >= 0.3 is 0 Å². The number of aromatic nitrogens is 2. The molecule has 0 aliphatic rings. The van der Waals surface area contributed by atoms with Crippen LogP contribution in [-0.2, 0) is 0 Å². The molecule has 1 aromatic carbocycles. The summed E-state index contributed by atoms with van der Waals surface area (Å²) in [5.74, 6) is 2.18. The number of nitrogens with one attached hydrogen (secondary N) is 1. The van der Waals surface area contributed by atoms with E-state index in [2.05, 4.69) is 27.9 Å². The van der Waals surface area contributed by atoms with Crippen molar-refractivity contribution >= 4 is 16.7 Å². The Morgan fingerprint density at radius 1 is 1.04 bits per heavy atom. The largest absolute Gasteiger partial charge is 0.493 e. The Morgan fingerprint density at radius 2 is 1.88 bits per heavy atom. The van der Waals surface area contributed by atoms with Gasteiger partial charge in [0.1, 0.15) is 5.82 Å². The van der Waals surface area contributed by atoms with E-state index in [-0.39, 0.29) is 0 Å². The first-order chi connectivity index (χ1) is 11.8. The lowest BCUT2D eigenvalue weighted by Gasteiger charge is -2.11. The molecule has 2 aromatic heterocycles. The molecule has 0 saturated heterocycles. The van der Waals surface area contributed by atoms with Crippen molar-refractivity contribution in [1.82, 2.24) is 9.97 Å². The molecule has 0 fully saturated rings. The van der Waals surface area contributed by atoms with Crippen LogP contribution in [-0.4, -0.2) is 30.7 Å². The van der Waals surface area contributed by atoms with Gasteiger partial charge in [-0.2, -0.15) is 0 Å². The van der Waals surface area contributed by atoms with Crippen LogP contribution >= 0.6 is 0 Å². The van der Waals surface area contributed by atoms with Crippen molar-refractivity contribution in [1.29, 1.82) is 0 Å². The molecular weight excluding hydrogens is 302 g/mol. The summed E-state index contributed by atoms with van der Waals surface area (Å²) in [4.78, 5) is 8.94. The molecule has 0 amide bonds. The van der Waals surface area contributed by atoms with Crippen molar-refractivity contribution in [2.45, 2.75) is 0 Å². The van der Waals surface area contributed by atoms with Gasteiger partial charge in [-0.25, -0.2) is 4.98 Å². The third kappa shape index (κ3) is 3.01. The predicted octanol–water partition coefficient (Wildman–Crippen LogP) is 3.91. The minimum Gasteiger partial charge on any atom is -0.493 e. The predicted molar refractivity (Wildman–Crippen MR) is 96.8 cm³/mol. The zero-order valence-electron chi connectivity index (χ0n) is 13.7. The van der Waals surface area contributed by atoms with E-state index in [1.165, 1.54) is 0 Å². The van der Waals surface area contributed by atoms with Crippen molar-refractivity contribution in [3.63, 3.8) is 0 Å². The van der Waals surface area contributed by atoms with Crippen LogP contribution < -0.4 is 14.8 Å². The standard InChI is InChI=1S/C19H19N3O2/c1-4-8-20-19-15-10-14(12-22-16(15)7-9-21-19)13-5-6-17(23-2)18(11-13)24-3/h4-7,9-12H,1,8H2,2-3H3,(H,20,21). The van der Waals surface area contributed by atoms with Gasteiger partial charge in [0, 0.05) is 29.9 Å². The first kappa shape index (κ1) is 15.8. The molecule has 3 rings (SSSR count). The molecule has 122 valence electrons. The van der Waals surface area contributed by atoms with Crippen LogP contribution in [0.5, 0.6) is 11.5 Å². The maximum atomic E-state index is 5.38. The Morgan fingerprint density at radius 3 is 2.62 bits per heavy atom. The number of nitrogens with zero attached hydrogens (tertiary/aromatic N) is 2. The van der Waals surface area contributed by atoms with Crippen molar-refractivity contribution in [2.75, 3.05) is 26.1 Å². The first-order valence-electron chi connectivity index (χ1n) is 7.58. The van der Waals surface area contributed by atoms with E-state index in [1.54, 1.807) is 26.5 Å². The third-order valence-electron chi connectivity index (χ3n) is 3.74. The second-order valence-electron chi connectivity index (χ2n) is 5.19. The smallest absolute Gasteiger partial charge is 0.161 e. The highest BCUT2D eigenvalue weighted by atomic mass is 16.5. The zero-order valence-corrected chi connectivity index (χ0v) is 13.7. The molecule has 0 aliphatic carbocycles. The summed E-state index contributed by atoms with van der Waals surface area (Å²) < 4.78 is 10.7. The average molecular weight is 321 g/mol. The van der Waals surface area contributed by atoms with Gasteiger partial charge in [-0.1, -0.05) is 12.1 Å². The van der Waals surface area contributed by atoms with E-state index >= 15 is 0 Å². The number of benzene rings is 1. The average Bonchev–Trinajstić information content (AvgIpc) is 2.65. The summed E-state index contributed by atoms with van der Waals surface area (Å²) in [5.41, 5.74) is 2.87. The van der Waals surface area contributed by atoms with Crippen LogP contribution in [0.15, 0.2) is 55.4 Å². The highest BCUT2D eigenvalue weighted by Gasteiger charge is 2.09. The van der Waals surface area contributed by atoms with E-state index in [0.29, 0.717) is 18.0 Å². The number of anilines is 1. The number of hydrogen-bond acceptors (Lipinski definition) is 5. The maximum Gasteiger partial charge on any atom is 0.161 e. The second-order valence-corrected chi connectivity index (χ2v) is 5.19. The summed E-state index contributed by atoms with van der Waals surface area (Å²) in [5, 5.41) is 4.21. The molecule has 0 spiro atoms. The molecule has 0 atom stereocenters. The molecule has 0 saturated carbocycles. The van der Waals surface area contributed by atoms with Crippen molar-refractivity contribution in [3.05, 3.63) is 55.4 Å². The molecule has 1 N–H and O–H groups in total. The quantitative estimate of drug-likeness (QED) is 0.698. The van der Waals surface area contributed by atoms with Crippen LogP contribution in [0.25, 0.3) is 22.0 Å². The fraction of sp³-hybridized carbons (Fsp3) is 0.158. The second kappa shape index (κ2) is 7.00. The van der Waals surface area contributed by atoms with Gasteiger partial charge in [-0.15, -0.1) is 6.58 Å². The maximum absolute atomic E-state index is 5.38. The molecule has 5 nitrogen and oxygen atoms in total. The minimum atomic E-state index is 0.646. The molecular formula is C19H19N3O2. The zero-order chi connectivity index (χ0) is 16.9. The van der Waals surface area contributed by atoms with Crippen molar-refractivity contribution in [2.24, 2.45) is 0 Å². The Kier molecular flexibility index (Phi) is 4.61. The Hall–Kier alpha value is -3.08. The highest BCUT2D eigenvalue weighted by Crippen LogP contribution is 2.33. The van der Waals surface area contributed by atoms with E-state index < -0.39 is 0 Å². The van der Waals surface area contributed by atoms with E-state index in [0.717, 1.165) is 27.8 Å². The topological polar surface area (TPSA) is 56.3 Å². The van der Waals surface area contributed by atoms with Crippen molar-refractivity contribution < 1.29 is 9.47 Å². The SMILES string of the molecule is C=CCNc1nccc2ncc(-c3ccc(OC)c(OC)c3)cc12. The lowest BCUT2D eigenvalue weighted by Crippen LogP contribution is -2.01. The lowest BCUT2D eigenvalue weighted by molar-refractivity contribution is 0.355. The molecule has 0 radical (unpaired) electrons. The van der Waals surface area contributed by atoms with Crippen LogP contribution in [0, 0.1) is 0 Å². The molecule has 2 heterocycles. The van der Waals surface area contributed by atoms with Crippen LogP contribution in [0.3, 0.4) is 0 Å². The molecule has 0 aliphatic heterocycles. The molecule has 24 heavy (non-hydrogen) atoms. The van der Waals surface area contributed by atoms with Crippen molar-refractivity contribution in [3.8, 4) is 22.6 Å². The highest BCUT2D eigenvalue weighted by molar-refractivity contribution is 5.92. The molecule has 5 heteroatoms. The number of fused-ring (bicyclic) bond motifs is 1. The number of hydrogen-bond donors (Lipinski definition) is 1. The van der Waals surface area contributed by atoms with Gasteiger partial charge in [-0.05, 0) is 29.8 Å². The number of methoxy groups -OCH3 is 2. The fourth-order valence-electron chi connectivity index (χ4n) is 2.53. The summed E-state index contributed by atoms with van der Waals surface area (Å²) in [7, 11) is 3.25. The van der Waals surface area contributed by atoms with Gasteiger partial charge in [0.05, 0.1) is 19.7 Å². The van der Waals surface area contributed by atoms with Crippen LogP contribution in [0.4, 0.5) is 5.82 Å². The first-order valence-corrected chi connectivity index (χ1v) is 7.58. The normalized spacial score (nSPS) is 10.4.